The summed E-state index contributed by atoms with van der Waals surface area (Å²) >= 11 is 0. The fourth-order valence-electron chi connectivity index (χ4n) is 1.50. The number of ether oxygens (including phenoxy) is 1. The van der Waals surface area contributed by atoms with E-state index >= 15 is 0 Å². The zero-order valence-electron chi connectivity index (χ0n) is 10.1. The van der Waals surface area contributed by atoms with Gasteiger partial charge in [0.25, 0.3) is 0 Å². The summed E-state index contributed by atoms with van der Waals surface area (Å²) in [6.07, 6.45) is 3.80. The maximum atomic E-state index is 5.34. The first-order valence-electron chi connectivity index (χ1n) is 5.59. The van der Waals surface area contributed by atoms with E-state index < -0.39 is 0 Å². The largest absolute Gasteiger partial charge is 0.478 e. The molecule has 0 unspecified atom stereocenters. The highest BCUT2D eigenvalue weighted by Crippen LogP contribution is 2.12. The second kappa shape index (κ2) is 5.34. The molecule has 0 aliphatic heterocycles. The Hall–Kier alpha value is -2.04. The number of aromatic nitrogens is 3. The molecule has 1 N–H and O–H groups in total. The Bertz CT molecular complexity index is 481. The SMILES string of the molecule is CCOc1cccc(NCc2cnn(C)c2)n1. The first-order valence-corrected chi connectivity index (χ1v) is 5.59. The lowest BCUT2D eigenvalue weighted by Crippen LogP contribution is -2.02. The van der Waals surface area contributed by atoms with Crippen molar-refractivity contribution in [3.8, 4) is 5.88 Å². The van der Waals surface area contributed by atoms with Crippen molar-refractivity contribution < 1.29 is 4.74 Å². The molecule has 0 atom stereocenters. The van der Waals surface area contributed by atoms with Crippen LogP contribution < -0.4 is 10.1 Å². The minimum Gasteiger partial charge on any atom is -0.478 e. The zero-order chi connectivity index (χ0) is 12.1. The first-order chi connectivity index (χ1) is 8.28. The summed E-state index contributed by atoms with van der Waals surface area (Å²) in [4.78, 5) is 4.32. The Morgan fingerprint density at radius 1 is 1.41 bits per heavy atom. The van der Waals surface area contributed by atoms with Gasteiger partial charge in [0.15, 0.2) is 0 Å². The van der Waals surface area contributed by atoms with Gasteiger partial charge in [0.05, 0.1) is 12.8 Å². The van der Waals surface area contributed by atoms with Crippen molar-refractivity contribution in [2.75, 3.05) is 11.9 Å². The molecule has 2 rings (SSSR count). The highest BCUT2D eigenvalue weighted by Gasteiger charge is 1.99. The molecule has 17 heavy (non-hydrogen) atoms. The fraction of sp³-hybridized carbons (Fsp3) is 0.333. The molecule has 5 nitrogen and oxygen atoms in total. The third-order valence-corrected chi connectivity index (χ3v) is 2.25. The van der Waals surface area contributed by atoms with Crippen molar-refractivity contribution >= 4 is 5.82 Å². The van der Waals surface area contributed by atoms with Crippen molar-refractivity contribution in [3.63, 3.8) is 0 Å². The second-order valence-electron chi connectivity index (χ2n) is 3.67. The van der Waals surface area contributed by atoms with Gasteiger partial charge in [-0.25, -0.2) is 0 Å². The van der Waals surface area contributed by atoms with Crippen LogP contribution >= 0.6 is 0 Å². The van der Waals surface area contributed by atoms with Crippen LogP contribution in [0.1, 0.15) is 12.5 Å². The first kappa shape index (κ1) is 11.4. The summed E-state index contributed by atoms with van der Waals surface area (Å²) in [5.74, 6) is 1.45. The van der Waals surface area contributed by atoms with Crippen LogP contribution in [0.2, 0.25) is 0 Å². The highest BCUT2D eigenvalue weighted by atomic mass is 16.5. The predicted octanol–water partition coefficient (Wildman–Crippen LogP) is 1.83. The molecular formula is C12H16N4O. The predicted molar refractivity (Wildman–Crippen MR) is 65.9 cm³/mol. The van der Waals surface area contributed by atoms with Gasteiger partial charge in [-0.15, -0.1) is 0 Å². The topological polar surface area (TPSA) is 52.0 Å². The molecule has 0 spiro atoms. The van der Waals surface area contributed by atoms with Gasteiger partial charge in [-0.05, 0) is 13.0 Å². The number of rotatable bonds is 5. The van der Waals surface area contributed by atoms with E-state index in [1.807, 2.05) is 44.6 Å². The summed E-state index contributed by atoms with van der Waals surface area (Å²) in [5, 5.41) is 7.34. The van der Waals surface area contributed by atoms with E-state index in [4.69, 9.17) is 4.74 Å². The Balaban J connectivity index is 1.96. The van der Waals surface area contributed by atoms with Gasteiger partial charge in [0.1, 0.15) is 5.82 Å². The van der Waals surface area contributed by atoms with Gasteiger partial charge in [-0.1, -0.05) is 6.07 Å². The molecule has 0 amide bonds. The zero-order valence-corrected chi connectivity index (χ0v) is 10.1. The summed E-state index contributed by atoms with van der Waals surface area (Å²) in [6.45, 7) is 3.27. The molecule has 0 aliphatic rings. The molecule has 0 bridgehead atoms. The smallest absolute Gasteiger partial charge is 0.215 e. The monoisotopic (exact) mass is 232 g/mol. The van der Waals surface area contributed by atoms with Crippen molar-refractivity contribution in [2.45, 2.75) is 13.5 Å². The van der Waals surface area contributed by atoms with Crippen molar-refractivity contribution in [1.82, 2.24) is 14.8 Å². The van der Waals surface area contributed by atoms with E-state index in [0.717, 1.165) is 11.4 Å². The molecule has 0 fully saturated rings. The lowest BCUT2D eigenvalue weighted by molar-refractivity contribution is 0.327. The molecule has 5 heteroatoms. The third-order valence-electron chi connectivity index (χ3n) is 2.25. The van der Waals surface area contributed by atoms with Crippen LogP contribution in [-0.2, 0) is 13.6 Å². The van der Waals surface area contributed by atoms with E-state index in [1.165, 1.54) is 0 Å². The van der Waals surface area contributed by atoms with Gasteiger partial charge in [-0.2, -0.15) is 10.1 Å². The van der Waals surface area contributed by atoms with E-state index in [-0.39, 0.29) is 0 Å². The summed E-state index contributed by atoms with van der Waals surface area (Å²) in [7, 11) is 1.90. The van der Waals surface area contributed by atoms with Crippen LogP contribution in [0.25, 0.3) is 0 Å². The number of hydrogen-bond acceptors (Lipinski definition) is 4. The van der Waals surface area contributed by atoms with Crippen LogP contribution in [0.5, 0.6) is 5.88 Å². The molecule has 0 saturated carbocycles. The maximum absolute atomic E-state index is 5.34. The molecule has 2 heterocycles. The lowest BCUT2D eigenvalue weighted by atomic mass is 10.3. The van der Waals surface area contributed by atoms with E-state index in [2.05, 4.69) is 15.4 Å². The van der Waals surface area contributed by atoms with E-state index in [0.29, 0.717) is 19.0 Å². The molecule has 2 aromatic rings. The number of nitrogens with zero attached hydrogens (tertiary/aromatic N) is 3. The molecule has 0 aromatic carbocycles. The summed E-state index contributed by atoms with van der Waals surface area (Å²) in [6, 6.07) is 5.68. The fourth-order valence-corrected chi connectivity index (χ4v) is 1.50. The second-order valence-corrected chi connectivity index (χ2v) is 3.67. The van der Waals surface area contributed by atoms with Crippen LogP contribution in [0.4, 0.5) is 5.82 Å². The van der Waals surface area contributed by atoms with E-state index in [1.54, 1.807) is 4.68 Å². The molecule has 90 valence electrons. The average Bonchev–Trinajstić information content (AvgIpc) is 2.74. The van der Waals surface area contributed by atoms with Gasteiger partial charge in [-0.3, -0.25) is 4.68 Å². The molecule has 0 saturated heterocycles. The number of anilines is 1. The van der Waals surface area contributed by atoms with Crippen molar-refractivity contribution in [3.05, 3.63) is 36.2 Å². The van der Waals surface area contributed by atoms with E-state index in [9.17, 15) is 0 Å². The molecule has 2 aromatic heterocycles. The minimum absolute atomic E-state index is 0.624. The minimum atomic E-state index is 0.624. The molecular weight excluding hydrogens is 216 g/mol. The number of hydrogen-bond donors (Lipinski definition) is 1. The Labute approximate surface area is 100 Å². The lowest BCUT2D eigenvalue weighted by Gasteiger charge is -2.06. The normalized spacial score (nSPS) is 10.2. The van der Waals surface area contributed by atoms with Crippen molar-refractivity contribution in [1.29, 1.82) is 0 Å². The third kappa shape index (κ3) is 3.21. The summed E-state index contributed by atoms with van der Waals surface area (Å²) < 4.78 is 7.11. The van der Waals surface area contributed by atoms with Gasteiger partial charge < -0.3 is 10.1 Å². The summed E-state index contributed by atoms with van der Waals surface area (Å²) in [5.41, 5.74) is 1.12. The number of aryl methyl sites for hydroxylation is 1. The molecule has 0 radical (unpaired) electrons. The van der Waals surface area contributed by atoms with Gasteiger partial charge >= 0.3 is 0 Å². The van der Waals surface area contributed by atoms with Crippen LogP contribution in [0.3, 0.4) is 0 Å². The molecule has 0 aliphatic carbocycles. The van der Waals surface area contributed by atoms with Gasteiger partial charge in [0, 0.05) is 31.4 Å². The number of nitrogens with one attached hydrogen (secondary N) is 1. The Morgan fingerprint density at radius 2 is 2.29 bits per heavy atom. The number of pyridine rings is 1. The average molecular weight is 232 g/mol. The quantitative estimate of drug-likeness (QED) is 0.854. The van der Waals surface area contributed by atoms with Gasteiger partial charge in [0.2, 0.25) is 5.88 Å². The standard InChI is InChI=1S/C12H16N4O/c1-3-17-12-6-4-5-11(15-12)13-7-10-8-14-16(2)9-10/h4-6,8-9H,3,7H2,1-2H3,(H,13,15). The maximum Gasteiger partial charge on any atom is 0.215 e. The van der Waals surface area contributed by atoms with Crippen LogP contribution in [0.15, 0.2) is 30.6 Å². The Morgan fingerprint density at radius 3 is 3.00 bits per heavy atom. The van der Waals surface area contributed by atoms with Crippen molar-refractivity contribution in [2.24, 2.45) is 7.05 Å². The highest BCUT2D eigenvalue weighted by molar-refractivity contribution is 5.37. The van der Waals surface area contributed by atoms with Crippen LogP contribution in [-0.4, -0.2) is 21.4 Å². The van der Waals surface area contributed by atoms with Crippen LogP contribution in [0, 0.1) is 0 Å². The Kier molecular flexibility index (Phi) is 3.59.